The van der Waals surface area contributed by atoms with E-state index in [-0.39, 0.29) is 5.91 Å². The van der Waals surface area contributed by atoms with Gasteiger partial charge in [-0.05, 0) is 42.5 Å². The molecule has 0 unspecified atom stereocenters. The Labute approximate surface area is 164 Å². The van der Waals surface area contributed by atoms with Crippen LogP contribution in [-0.4, -0.2) is 20.9 Å². The van der Waals surface area contributed by atoms with Crippen LogP contribution < -0.4 is 11.1 Å². The van der Waals surface area contributed by atoms with Gasteiger partial charge in [0.2, 0.25) is 0 Å². The smallest absolute Gasteiger partial charge is 0.408 e. The molecule has 2 N–H and O–H groups in total. The van der Waals surface area contributed by atoms with E-state index in [1.54, 1.807) is 36.7 Å². The van der Waals surface area contributed by atoms with Crippen molar-refractivity contribution < 1.29 is 9.21 Å². The Balaban J connectivity index is 1.58. The van der Waals surface area contributed by atoms with Gasteiger partial charge in [0.15, 0.2) is 5.58 Å². The second kappa shape index (κ2) is 6.72. The molecule has 0 aliphatic carbocycles. The average molecular weight is 382 g/mol. The number of H-pyrrole nitrogens is 1. The van der Waals surface area contributed by atoms with Crippen molar-refractivity contribution in [2.75, 3.05) is 5.32 Å². The Morgan fingerprint density at radius 3 is 2.69 bits per heavy atom. The number of fused-ring (bicyclic) bond motifs is 2. The molecule has 0 aliphatic rings. The molecular weight excluding hydrogens is 368 g/mol. The molecule has 0 atom stereocenters. The van der Waals surface area contributed by atoms with Crippen LogP contribution >= 0.6 is 0 Å². The molecule has 0 bridgehead atoms. The number of amides is 1. The van der Waals surface area contributed by atoms with Gasteiger partial charge >= 0.3 is 5.76 Å². The van der Waals surface area contributed by atoms with Gasteiger partial charge in [-0.1, -0.05) is 18.2 Å². The molecule has 140 valence electrons. The molecule has 0 fully saturated rings. The number of anilines is 1. The third kappa shape index (κ3) is 3.14. The Morgan fingerprint density at radius 1 is 1.00 bits per heavy atom. The second-order valence-electron chi connectivity index (χ2n) is 6.49. The summed E-state index contributed by atoms with van der Waals surface area (Å²) in [6.45, 7) is 0. The van der Waals surface area contributed by atoms with E-state index in [0.29, 0.717) is 28.0 Å². The zero-order valence-corrected chi connectivity index (χ0v) is 15.0. The molecule has 0 saturated heterocycles. The van der Waals surface area contributed by atoms with Crippen LogP contribution in [0, 0.1) is 0 Å². The van der Waals surface area contributed by atoms with Crippen LogP contribution in [0.4, 0.5) is 5.69 Å². The van der Waals surface area contributed by atoms with Crippen molar-refractivity contribution in [3.8, 4) is 11.3 Å². The van der Waals surface area contributed by atoms with Crippen LogP contribution in [0.25, 0.3) is 33.3 Å². The van der Waals surface area contributed by atoms with Crippen molar-refractivity contribution in [2.24, 2.45) is 0 Å². The van der Waals surface area contributed by atoms with Crippen LogP contribution in [0.5, 0.6) is 0 Å². The summed E-state index contributed by atoms with van der Waals surface area (Å²) in [6.07, 6.45) is 3.37. The fourth-order valence-electron chi connectivity index (χ4n) is 3.26. The molecule has 0 aliphatic heterocycles. The average Bonchev–Trinajstić information content (AvgIpc) is 3.13. The molecule has 0 spiro atoms. The summed E-state index contributed by atoms with van der Waals surface area (Å²) >= 11 is 0. The SMILES string of the molecule is O=C(Nc1ccc2oc(=O)[nH]c2c1)c1cc(-c2ccncc2)nc2ccccc12. The number of nitrogens with zero attached hydrogens (tertiary/aromatic N) is 2. The van der Waals surface area contributed by atoms with E-state index in [2.05, 4.69) is 20.3 Å². The predicted molar refractivity (Wildman–Crippen MR) is 110 cm³/mol. The number of hydrogen-bond donors (Lipinski definition) is 2. The zero-order chi connectivity index (χ0) is 19.8. The first-order chi connectivity index (χ1) is 14.2. The van der Waals surface area contributed by atoms with Crippen molar-refractivity contribution in [3.63, 3.8) is 0 Å². The van der Waals surface area contributed by atoms with Gasteiger partial charge in [-0.2, -0.15) is 0 Å². The Hall–Kier alpha value is -4.26. The Morgan fingerprint density at radius 2 is 1.83 bits per heavy atom. The van der Waals surface area contributed by atoms with Gasteiger partial charge in [-0.25, -0.2) is 9.78 Å². The summed E-state index contributed by atoms with van der Waals surface area (Å²) in [5.74, 6) is -0.810. The summed E-state index contributed by atoms with van der Waals surface area (Å²) in [6, 6.07) is 17.9. The number of aromatic amines is 1. The highest BCUT2D eigenvalue weighted by Crippen LogP contribution is 2.26. The number of oxazole rings is 1. The number of rotatable bonds is 3. The molecule has 2 aromatic carbocycles. The van der Waals surface area contributed by atoms with Crippen molar-refractivity contribution in [2.45, 2.75) is 0 Å². The maximum atomic E-state index is 13.1. The van der Waals surface area contributed by atoms with Crippen LogP contribution in [0.1, 0.15) is 10.4 Å². The number of hydrogen-bond acceptors (Lipinski definition) is 5. The topological polar surface area (TPSA) is 101 Å². The summed E-state index contributed by atoms with van der Waals surface area (Å²) in [5, 5.41) is 3.64. The molecule has 3 heterocycles. The van der Waals surface area contributed by atoms with E-state index in [4.69, 9.17) is 4.42 Å². The molecule has 0 saturated carbocycles. The van der Waals surface area contributed by atoms with Crippen LogP contribution in [-0.2, 0) is 0 Å². The lowest BCUT2D eigenvalue weighted by Crippen LogP contribution is -2.13. The molecular formula is C22H14N4O3. The van der Waals surface area contributed by atoms with Gasteiger partial charge < -0.3 is 9.73 Å². The summed E-state index contributed by atoms with van der Waals surface area (Å²) in [5.41, 5.74) is 4.28. The molecule has 5 rings (SSSR count). The van der Waals surface area contributed by atoms with Gasteiger partial charge in [-0.3, -0.25) is 14.8 Å². The minimum atomic E-state index is -0.536. The number of carbonyl (C=O) groups excluding carboxylic acids is 1. The van der Waals surface area contributed by atoms with Crippen molar-refractivity contribution in [1.29, 1.82) is 0 Å². The van der Waals surface area contributed by atoms with Crippen molar-refractivity contribution in [1.82, 2.24) is 15.0 Å². The minimum Gasteiger partial charge on any atom is -0.408 e. The third-order valence-corrected chi connectivity index (χ3v) is 4.61. The lowest BCUT2D eigenvalue weighted by molar-refractivity contribution is 0.102. The maximum Gasteiger partial charge on any atom is 0.417 e. The number of carbonyl (C=O) groups is 1. The molecule has 1 amide bonds. The first-order valence-electron chi connectivity index (χ1n) is 8.92. The fourth-order valence-corrected chi connectivity index (χ4v) is 3.26. The Bertz CT molecular complexity index is 1420. The highest BCUT2D eigenvalue weighted by Gasteiger charge is 2.15. The first kappa shape index (κ1) is 16.9. The zero-order valence-electron chi connectivity index (χ0n) is 15.0. The number of nitrogens with one attached hydrogen (secondary N) is 2. The lowest BCUT2D eigenvalue weighted by atomic mass is 10.0. The predicted octanol–water partition coefficient (Wildman–Crippen LogP) is 3.98. The number of para-hydroxylation sites is 1. The van der Waals surface area contributed by atoms with Crippen molar-refractivity contribution in [3.05, 3.63) is 89.2 Å². The van der Waals surface area contributed by atoms with Crippen LogP contribution in [0.2, 0.25) is 0 Å². The van der Waals surface area contributed by atoms with Crippen LogP contribution in [0.15, 0.2) is 82.3 Å². The third-order valence-electron chi connectivity index (χ3n) is 4.61. The Kier molecular flexibility index (Phi) is 3.91. The number of aromatic nitrogens is 3. The maximum absolute atomic E-state index is 13.1. The van der Waals surface area contributed by atoms with E-state index >= 15 is 0 Å². The lowest BCUT2D eigenvalue weighted by Gasteiger charge is -2.10. The van der Waals surface area contributed by atoms with E-state index in [0.717, 1.165) is 16.5 Å². The van der Waals surface area contributed by atoms with Gasteiger partial charge in [-0.15, -0.1) is 0 Å². The van der Waals surface area contributed by atoms with E-state index in [1.807, 2.05) is 36.4 Å². The number of pyridine rings is 2. The molecule has 7 heteroatoms. The summed E-state index contributed by atoms with van der Waals surface area (Å²) in [4.78, 5) is 35.7. The van der Waals surface area contributed by atoms with E-state index in [1.165, 1.54) is 0 Å². The standard InChI is InChI=1S/C22H14N4O3/c27-21(24-14-5-6-20-19(11-14)26-22(28)29-20)16-12-18(13-7-9-23-10-8-13)25-17-4-2-1-3-15(16)17/h1-12H,(H,24,27)(H,26,28). The number of benzene rings is 2. The van der Waals surface area contributed by atoms with Crippen molar-refractivity contribution >= 4 is 33.6 Å². The summed E-state index contributed by atoms with van der Waals surface area (Å²) < 4.78 is 5.00. The van der Waals surface area contributed by atoms with E-state index in [9.17, 15) is 9.59 Å². The largest absolute Gasteiger partial charge is 0.417 e. The minimum absolute atomic E-state index is 0.274. The fraction of sp³-hybridized carbons (Fsp3) is 0. The second-order valence-corrected chi connectivity index (χ2v) is 6.49. The molecule has 7 nitrogen and oxygen atoms in total. The highest BCUT2D eigenvalue weighted by molar-refractivity contribution is 6.13. The van der Waals surface area contributed by atoms with E-state index < -0.39 is 5.76 Å². The van der Waals surface area contributed by atoms with Gasteiger partial charge in [0.05, 0.1) is 22.3 Å². The normalized spacial score (nSPS) is 11.0. The molecule has 0 radical (unpaired) electrons. The first-order valence-corrected chi connectivity index (χ1v) is 8.92. The molecule has 5 aromatic rings. The molecule has 3 aromatic heterocycles. The van der Waals surface area contributed by atoms with Gasteiger partial charge in [0.1, 0.15) is 0 Å². The quantitative estimate of drug-likeness (QED) is 0.491. The highest BCUT2D eigenvalue weighted by atomic mass is 16.4. The molecule has 29 heavy (non-hydrogen) atoms. The summed E-state index contributed by atoms with van der Waals surface area (Å²) in [7, 11) is 0. The van der Waals surface area contributed by atoms with Crippen LogP contribution in [0.3, 0.4) is 0 Å². The van der Waals surface area contributed by atoms with Gasteiger partial charge in [0.25, 0.3) is 5.91 Å². The van der Waals surface area contributed by atoms with Gasteiger partial charge in [0, 0.05) is 29.0 Å². The monoisotopic (exact) mass is 382 g/mol.